The molecule has 3 atom stereocenters. The van der Waals surface area contributed by atoms with E-state index in [1.54, 1.807) is 0 Å². The van der Waals surface area contributed by atoms with Crippen molar-refractivity contribution < 1.29 is 4.74 Å². The number of nitrogens with zero attached hydrogens (tertiary/aromatic N) is 1. The van der Waals surface area contributed by atoms with Gasteiger partial charge in [-0.05, 0) is 19.8 Å². The Morgan fingerprint density at radius 2 is 2.13 bits per heavy atom. The largest absolute Gasteiger partial charge is 0.372 e. The summed E-state index contributed by atoms with van der Waals surface area (Å²) in [6, 6.07) is 0.608. The molecule has 3 unspecified atom stereocenters. The van der Waals surface area contributed by atoms with E-state index in [0.717, 1.165) is 26.2 Å². The molecular formula is C12H22N2O. The third-order valence-electron chi connectivity index (χ3n) is 3.42. The van der Waals surface area contributed by atoms with E-state index in [1.165, 1.54) is 12.8 Å². The molecule has 3 nitrogen and oxygen atoms in total. The zero-order chi connectivity index (χ0) is 10.7. The topological polar surface area (TPSA) is 24.5 Å². The van der Waals surface area contributed by atoms with Gasteiger partial charge in [-0.25, -0.2) is 0 Å². The Kier molecular flexibility index (Phi) is 3.78. The highest BCUT2D eigenvalue weighted by molar-refractivity contribution is 4.87. The smallest absolute Gasteiger partial charge is 0.0707 e. The standard InChI is InChI=1S/C12H22N2O/c1-3-6-13-7-10(2)14-8-11-4-5-12(9-14)15-11/h3,10-13H,1,4-9H2,2H3. The second-order valence-corrected chi connectivity index (χ2v) is 4.71. The lowest BCUT2D eigenvalue weighted by Crippen LogP contribution is -2.50. The summed E-state index contributed by atoms with van der Waals surface area (Å²) in [7, 11) is 0. The average molecular weight is 210 g/mol. The highest BCUT2D eigenvalue weighted by Crippen LogP contribution is 2.27. The van der Waals surface area contributed by atoms with Crippen LogP contribution in [0.25, 0.3) is 0 Å². The summed E-state index contributed by atoms with van der Waals surface area (Å²) in [6.07, 6.45) is 5.44. The van der Waals surface area contributed by atoms with Gasteiger partial charge in [0, 0.05) is 32.2 Å². The number of rotatable bonds is 5. The van der Waals surface area contributed by atoms with E-state index in [4.69, 9.17) is 4.74 Å². The van der Waals surface area contributed by atoms with Crippen molar-refractivity contribution in [1.29, 1.82) is 0 Å². The molecule has 2 fully saturated rings. The van der Waals surface area contributed by atoms with Gasteiger partial charge in [-0.1, -0.05) is 6.08 Å². The van der Waals surface area contributed by atoms with Crippen LogP contribution in [0.15, 0.2) is 12.7 Å². The Bertz CT molecular complexity index is 208. The highest BCUT2D eigenvalue weighted by atomic mass is 16.5. The normalized spacial score (nSPS) is 32.9. The van der Waals surface area contributed by atoms with Crippen LogP contribution in [-0.2, 0) is 4.74 Å². The molecule has 0 aliphatic carbocycles. The number of ether oxygens (including phenoxy) is 1. The molecule has 86 valence electrons. The first-order valence-electron chi connectivity index (χ1n) is 6.00. The first-order valence-corrected chi connectivity index (χ1v) is 6.00. The SMILES string of the molecule is C=CCNCC(C)N1CC2CCC(C1)O2. The summed E-state index contributed by atoms with van der Waals surface area (Å²) < 4.78 is 5.83. The molecule has 0 aromatic rings. The van der Waals surface area contributed by atoms with E-state index in [9.17, 15) is 0 Å². The molecule has 0 radical (unpaired) electrons. The number of likely N-dealkylation sites (tertiary alicyclic amines) is 1. The summed E-state index contributed by atoms with van der Waals surface area (Å²) in [5, 5.41) is 3.38. The monoisotopic (exact) mass is 210 g/mol. The first-order chi connectivity index (χ1) is 7.29. The first kappa shape index (κ1) is 11.1. The third-order valence-corrected chi connectivity index (χ3v) is 3.42. The molecule has 0 saturated carbocycles. The van der Waals surface area contributed by atoms with E-state index >= 15 is 0 Å². The summed E-state index contributed by atoms with van der Waals surface area (Å²) >= 11 is 0. The Morgan fingerprint density at radius 1 is 1.47 bits per heavy atom. The van der Waals surface area contributed by atoms with Crippen molar-refractivity contribution in [1.82, 2.24) is 10.2 Å². The van der Waals surface area contributed by atoms with Crippen LogP contribution in [-0.4, -0.2) is 49.3 Å². The summed E-state index contributed by atoms with van der Waals surface area (Å²) in [5.41, 5.74) is 0. The van der Waals surface area contributed by atoms with Crippen molar-refractivity contribution in [3.8, 4) is 0 Å². The van der Waals surface area contributed by atoms with Gasteiger partial charge in [-0.15, -0.1) is 6.58 Å². The molecule has 2 rings (SSSR count). The maximum atomic E-state index is 5.83. The Balaban J connectivity index is 1.75. The molecular weight excluding hydrogens is 188 g/mol. The van der Waals surface area contributed by atoms with Crippen molar-refractivity contribution in [2.45, 2.75) is 38.0 Å². The van der Waals surface area contributed by atoms with E-state index < -0.39 is 0 Å². The third kappa shape index (κ3) is 2.80. The van der Waals surface area contributed by atoms with Crippen molar-refractivity contribution in [2.24, 2.45) is 0 Å². The van der Waals surface area contributed by atoms with Gasteiger partial charge in [-0.3, -0.25) is 4.90 Å². The molecule has 1 N–H and O–H groups in total. The maximum absolute atomic E-state index is 5.83. The van der Waals surface area contributed by atoms with Crippen molar-refractivity contribution in [3.05, 3.63) is 12.7 Å². The number of hydrogen-bond donors (Lipinski definition) is 1. The van der Waals surface area contributed by atoms with Gasteiger partial charge < -0.3 is 10.1 Å². The van der Waals surface area contributed by atoms with Crippen LogP contribution in [0.5, 0.6) is 0 Å². The maximum Gasteiger partial charge on any atom is 0.0707 e. The minimum absolute atomic E-state index is 0.505. The van der Waals surface area contributed by atoms with Crippen LogP contribution >= 0.6 is 0 Å². The molecule has 2 aliphatic heterocycles. The average Bonchev–Trinajstić information content (AvgIpc) is 2.58. The lowest BCUT2D eigenvalue weighted by atomic mass is 10.2. The number of fused-ring (bicyclic) bond motifs is 2. The van der Waals surface area contributed by atoms with E-state index in [1.807, 2.05) is 6.08 Å². The predicted octanol–water partition coefficient (Wildman–Crippen LogP) is 1.01. The minimum Gasteiger partial charge on any atom is -0.372 e. The molecule has 2 heterocycles. The molecule has 0 aromatic carbocycles. The molecule has 15 heavy (non-hydrogen) atoms. The Morgan fingerprint density at radius 3 is 2.73 bits per heavy atom. The molecule has 3 heteroatoms. The zero-order valence-electron chi connectivity index (χ0n) is 9.61. The molecule has 0 aromatic heterocycles. The van der Waals surface area contributed by atoms with Gasteiger partial charge in [0.2, 0.25) is 0 Å². The van der Waals surface area contributed by atoms with Gasteiger partial charge in [0.15, 0.2) is 0 Å². The lowest BCUT2D eigenvalue weighted by Gasteiger charge is -2.36. The molecule has 2 saturated heterocycles. The van der Waals surface area contributed by atoms with E-state index in [2.05, 4.69) is 23.7 Å². The van der Waals surface area contributed by atoms with Crippen molar-refractivity contribution in [3.63, 3.8) is 0 Å². The summed E-state index contributed by atoms with van der Waals surface area (Å²) in [6.45, 7) is 10.2. The lowest BCUT2D eigenvalue weighted by molar-refractivity contribution is -0.0499. The van der Waals surface area contributed by atoms with Crippen LogP contribution in [0, 0.1) is 0 Å². The Hall–Kier alpha value is -0.380. The molecule has 0 spiro atoms. The zero-order valence-corrected chi connectivity index (χ0v) is 9.61. The van der Waals surface area contributed by atoms with Crippen molar-refractivity contribution in [2.75, 3.05) is 26.2 Å². The number of hydrogen-bond acceptors (Lipinski definition) is 3. The van der Waals surface area contributed by atoms with Crippen LogP contribution in [0.4, 0.5) is 0 Å². The molecule has 0 amide bonds. The minimum atomic E-state index is 0.505. The van der Waals surface area contributed by atoms with E-state index in [-0.39, 0.29) is 0 Å². The van der Waals surface area contributed by atoms with Gasteiger partial charge in [-0.2, -0.15) is 0 Å². The van der Waals surface area contributed by atoms with Gasteiger partial charge in [0.25, 0.3) is 0 Å². The van der Waals surface area contributed by atoms with Crippen molar-refractivity contribution >= 4 is 0 Å². The highest BCUT2D eigenvalue weighted by Gasteiger charge is 2.35. The fourth-order valence-electron chi connectivity index (χ4n) is 2.53. The van der Waals surface area contributed by atoms with E-state index in [0.29, 0.717) is 18.2 Å². The second kappa shape index (κ2) is 5.10. The molecule has 2 aliphatic rings. The number of morpholine rings is 1. The van der Waals surface area contributed by atoms with Crippen LogP contribution in [0.1, 0.15) is 19.8 Å². The quantitative estimate of drug-likeness (QED) is 0.541. The fourth-order valence-corrected chi connectivity index (χ4v) is 2.53. The number of nitrogens with one attached hydrogen (secondary N) is 1. The van der Waals surface area contributed by atoms with Crippen LogP contribution in [0.2, 0.25) is 0 Å². The summed E-state index contributed by atoms with van der Waals surface area (Å²) in [4.78, 5) is 2.56. The van der Waals surface area contributed by atoms with Crippen LogP contribution in [0.3, 0.4) is 0 Å². The molecule has 2 bridgehead atoms. The fraction of sp³-hybridized carbons (Fsp3) is 0.833. The Labute approximate surface area is 92.5 Å². The van der Waals surface area contributed by atoms with Gasteiger partial charge in [0.05, 0.1) is 12.2 Å². The van der Waals surface area contributed by atoms with Crippen LogP contribution < -0.4 is 5.32 Å². The summed E-state index contributed by atoms with van der Waals surface area (Å²) in [5.74, 6) is 0. The predicted molar refractivity (Wildman–Crippen MR) is 62.0 cm³/mol. The van der Waals surface area contributed by atoms with Gasteiger partial charge in [0.1, 0.15) is 0 Å². The van der Waals surface area contributed by atoms with Gasteiger partial charge >= 0.3 is 0 Å². The second-order valence-electron chi connectivity index (χ2n) is 4.71.